The van der Waals surface area contributed by atoms with Crippen molar-refractivity contribution in [3.63, 3.8) is 0 Å². The van der Waals surface area contributed by atoms with E-state index in [2.05, 4.69) is 13.8 Å². The van der Waals surface area contributed by atoms with Gasteiger partial charge in [-0.25, -0.2) is 9.59 Å². The summed E-state index contributed by atoms with van der Waals surface area (Å²) >= 11 is 0. The molecule has 0 rings (SSSR count). The van der Waals surface area contributed by atoms with Crippen LogP contribution in [0.5, 0.6) is 0 Å². The Hall–Kier alpha value is -3.86. The second-order valence-corrected chi connectivity index (χ2v) is 23.4. The van der Waals surface area contributed by atoms with E-state index < -0.39 is 48.4 Å². The molecule has 1 atom stereocenters. The number of amides is 2. The molecular weight excluding hydrogens is 1100 g/mol. The van der Waals surface area contributed by atoms with Gasteiger partial charge in [0.05, 0.1) is 85.8 Å². The van der Waals surface area contributed by atoms with Crippen LogP contribution in [-0.4, -0.2) is 202 Å². The van der Waals surface area contributed by atoms with Gasteiger partial charge in [0.1, 0.15) is 43.6 Å². The lowest BCUT2D eigenvalue weighted by atomic mass is 10.1. The van der Waals surface area contributed by atoms with Crippen molar-refractivity contribution in [2.24, 2.45) is 0 Å². The van der Waals surface area contributed by atoms with Gasteiger partial charge in [0.25, 0.3) is 0 Å². The van der Waals surface area contributed by atoms with Crippen LogP contribution in [0.25, 0.3) is 0 Å². The normalized spacial score (nSPS) is 12.0. The molecule has 0 aromatic rings. The summed E-state index contributed by atoms with van der Waals surface area (Å²) in [5.41, 5.74) is -1.64. The van der Waals surface area contributed by atoms with Gasteiger partial charge in [0.2, 0.25) is 0 Å². The highest BCUT2D eigenvalue weighted by molar-refractivity contribution is 5.79. The Balaban J connectivity index is 4.56. The summed E-state index contributed by atoms with van der Waals surface area (Å²) in [5, 5.41) is 0. The fourth-order valence-electron chi connectivity index (χ4n) is 8.24. The van der Waals surface area contributed by atoms with E-state index in [0.717, 1.165) is 99.7 Å². The minimum absolute atomic E-state index is 0.0691. The Bertz CT molecular complexity index is 1630. The third kappa shape index (κ3) is 57.6. The lowest BCUT2D eigenvalue weighted by molar-refractivity contribution is -0.148. The van der Waals surface area contributed by atoms with Crippen LogP contribution < -0.4 is 0 Å². The van der Waals surface area contributed by atoms with Crippen molar-refractivity contribution in [3.8, 4) is 0 Å². The van der Waals surface area contributed by atoms with Crippen LogP contribution in [0.15, 0.2) is 0 Å². The van der Waals surface area contributed by atoms with E-state index in [1.165, 1.54) is 71.3 Å². The average Bonchev–Trinajstić information content (AvgIpc) is 3.45. The van der Waals surface area contributed by atoms with Gasteiger partial charge < -0.3 is 61.6 Å². The molecule has 0 aromatic carbocycles. The van der Waals surface area contributed by atoms with Crippen LogP contribution in [0.1, 0.15) is 222 Å². The van der Waals surface area contributed by atoms with Gasteiger partial charge in [0, 0.05) is 39.7 Å². The number of carbonyl (C=O) groups is 6. The van der Waals surface area contributed by atoms with E-state index in [1.54, 1.807) is 41.5 Å². The van der Waals surface area contributed by atoms with Crippen LogP contribution in [-0.2, 0) is 80.8 Å². The highest BCUT2D eigenvalue weighted by atomic mass is 16.6. The van der Waals surface area contributed by atoms with E-state index in [4.69, 9.17) is 61.6 Å². The fourth-order valence-corrected chi connectivity index (χ4v) is 8.24. The number of ether oxygens (including phenoxy) is 13. The molecule has 0 aliphatic rings. The first kappa shape index (κ1) is 81.1. The van der Waals surface area contributed by atoms with Gasteiger partial charge in [-0.15, -0.1) is 0 Å². The molecule has 0 aliphatic carbocycles. The molecule has 0 radical (unpaired) electrons. The molecular formula is C64H120N2O19. The summed E-state index contributed by atoms with van der Waals surface area (Å²) < 4.78 is 72.3. The van der Waals surface area contributed by atoms with Crippen LogP contribution in [0, 0.1) is 0 Å². The van der Waals surface area contributed by atoms with Crippen LogP contribution in [0.3, 0.4) is 0 Å². The molecule has 0 N–H and O–H groups in total. The van der Waals surface area contributed by atoms with Crippen LogP contribution in [0.2, 0.25) is 0 Å². The monoisotopic (exact) mass is 1220 g/mol. The Morgan fingerprint density at radius 3 is 1.09 bits per heavy atom. The van der Waals surface area contributed by atoms with Crippen molar-refractivity contribution in [2.45, 2.75) is 240 Å². The summed E-state index contributed by atoms with van der Waals surface area (Å²) in [6, 6.07) is 0. The van der Waals surface area contributed by atoms with Gasteiger partial charge in [-0.05, 0) is 80.1 Å². The smallest absolute Gasteiger partial charge is 0.410 e. The number of rotatable bonds is 59. The third-order valence-corrected chi connectivity index (χ3v) is 12.9. The maximum atomic E-state index is 12.9. The molecule has 1 unspecified atom stereocenters. The van der Waals surface area contributed by atoms with Crippen molar-refractivity contribution < 1.29 is 90.3 Å². The molecule has 500 valence electrons. The van der Waals surface area contributed by atoms with Crippen molar-refractivity contribution in [3.05, 3.63) is 0 Å². The first-order chi connectivity index (χ1) is 40.9. The Morgan fingerprint density at radius 1 is 0.341 bits per heavy atom. The topological polar surface area (TPSA) is 229 Å². The maximum absolute atomic E-state index is 12.9. The zero-order valence-electron chi connectivity index (χ0n) is 54.8. The molecule has 0 aromatic heterocycles. The van der Waals surface area contributed by atoms with E-state index >= 15 is 0 Å². The molecule has 0 saturated carbocycles. The molecule has 0 fully saturated rings. The second kappa shape index (κ2) is 56.6. The van der Waals surface area contributed by atoms with Gasteiger partial charge in [-0.3, -0.25) is 29.0 Å². The largest absolute Gasteiger partial charge is 0.466 e. The molecule has 21 heteroatoms. The standard InChI is InChI=1S/C64H120N2O19/c1-10-12-14-16-18-25-32-40-80-57(67)34-28-22-20-24-30-38-77-54-56(79-39-31-27-21-23-29-35-58(68)81-41-33-26-19-17-15-13-11-2)55-78-49-48-75-45-44-74-46-47-76-50-51-83-60(70)53-66(62(72)85-64(6,7)8)37-43-82-59(69)52-65(36-42-73-9)61(71)84-63(3,4)5/h56H,10-55H2,1-9H3. The predicted molar refractivity (Wildman–Crippen MR) is 327 cm³/mol. The summed E-state index contributed by atoms with van der Waals surface area (Å²) in [6.07, 6.45) is 25.6. The summed E-state index contributed by atoms with van der Waals surface area (Å²) in [6.45, 7) is 18.7. The molecule has 0 spiro atoms. The van der Waals surface area contributed by atoms with E-state index in [-0.39, 0.29) is 64.2 Å². The number of carbonyl (C=O) groups excluding carboxylic acids is 6. The molecule has 0 bridgehead atoms. The number of unbranched alkanes of at least 4 members (excludes halogenated alkanes) is 20. The van der Waals surface area contributed by atoms with Gasteiger partial charge >= 0.3 is 36.1 Å². The summed E-state index contributed by atoms with van der Waals surface area (Å²) in [5.74, 6) is -1.63. The first-order valence-electron chi connectivity index (χ1n) is 32.5. The number of hydrogen-bond acceptors (Lipinski definition) is 19. The highest BCUT2D eigenvalue weighted by Crippen LogP contribution is 2.15. The molecule has 0 heterocycles. The van der Waals surface area contributed by atoms with Crippen molar-refractivity contribution >= 4 is 36.1 Å². The van der Waals surface area contributed by atoms with Gasteiger partial charge in [-0.2, -0.15) is 0 Å². The van der Waals surface area contributed by atoms with E-state index in [9.17, 15) is 28.8 Å². The van der Waals surface area contributed by atoms with E-state index in [1.807, 2.05) is 0 Å². The summed E-state index contributed by atoms with van der Waals surface area (Å²) in [4.78, 5) is 77.5. The Kier molecular flexibility index (Phi) is 54.1. The van der Waals surface area contributed by atoms with Crippen LogP contribution >= 0.6 is 0 Å². The minimum Gasteiger partial charge on any atom is -0.466 e. The van der Waals surface area contributed by atoms with Gasteiger partial charge in [-0.1, -0.05) is 129 Å². The Morgan fingerprint density at radius 2 is 0.671 bits per heavy atom. The highest BCUT2D eigenvalue weighted by Gasteiger charge is 2.27. The third-order valence-electron chi connectivity index (χ3n) is 12.9. The number of esters is 4. The zero-order valence-corrected chi connectivity index (χ0v) is 54.8. The lowest BCUT2D eigenvalue weighted by Gasteiger charge is -2.27. The van der Waals surface area contributed by atoms with Crippen molar-refractivity contribution in [2.75, 3.05) is 139 Å². The maximum Gasteiger partial charge on any atom is 0.410 e. The molecule has 21 nitrogen and oxygen atoms in total. The zero-order chi connectivity index (χ0) is 62.9. The molecule has 0 aliphatic heterocycles. The molecule has 0 saturated heterocycles. The second-order valence-electron chi connectivity index (χ2n) is 23.4. The van der Waals surface area contributed by atoms with E-state index in [0.29, 0.717) is 85.5 Å². The quantitative estimate of drug-likeness (QED) is 0.0313. The van der Waals surface area contributed by atoms with Crippen LogP contribution in [0.4, 0.5) is 9.59 Å². The summed E-state index contributed by atoms with van der Waals surface area (Å²) in [7, 11) is 1.47. The fraction of sp³-hybridized carbons (Fsp3) is 0.906. The minimum atomic E-state index is -0.857. The lowest BCUT2D eigenvalue weighted by Crippen LogP contribution is -2.43. The van der Waals surface area contributed by atoms with Crippen molar-refractivity contribution in [1.82, 2.24) is 9.80 Å². The predicted octanol–water partition coefficient (Wildman–Crippen LogP) is 11.9. The number of nitrogens with zero attached hydrogens (tertiary/aromatic N) is 2. The average molecular weight is 1220 g/mol. The molecule has 2 amide bonds. The van der Waals surface area contributed by atoms with Gasteiger partial charge in [0.15, 0.2) is 0 Å². The van der Waals surface area contributed by atoms with Crippen molar-refractivity contribution in [1.29, 1.82) is 0 Å². The molecule has 85 heavy (non-hydrogen) atoms. The first-order valence-corrected chi connectivity index (χ1v) is 32.5. The SMILES string of the molecule is CCCCCCCCCOC(=O)CCCCCCCOCC(COCCOCCOCCOCCOC(=O)CN(CCOC(=O)CN(CCOC)C(=O)OC(C)(C)C)C(=O)OC(C)(C)C)OCCCCCCCC(=O)OCCCCCCCCC. The number of hydrogen-bond donors (Lipinski definition) is 0. The Labute approximate surface area is 513 Å². The number of methoxy groups -OCH3 is 1.